The molecule has 0 heterocycles. The molecule has 1 N–H and O–H groups in total. The van der Waals surface area contributed by atoms with Gasteiger partial charge in [-0.2, -0.15) is 0 Å². The van der Waals surface area contributed by atoms with Crippen molar-refractivity contribution in [3.63, 3.8) is 0 Å². The van der Waals surface area contributed by atoms with E-state index in [1.807, 2.05) is 6.08 Å². The van der Waals surface area contributed by atoms with E-state index in [0.29, 0.717) is 23.5 Å². The van der Waals surface area contributed by atoms with E-state index >= 15 is 0 Å². The van der Waals surface area contributed by atoms with Crippen LogP contribution in [0.2, 0.25) is 0 Å². The zero-order valence-electron chi connectivity index (χ0n) is 14.3. The topological polar surface area (TPSA) is 37.3 Å². The normalized spacial score (nSPS) is 57.2. The van der Waals surface area contributed by atoms with Crippen LogP contribution in [0.4, 0.5) is 0 Å². The third-order valence-electron chi connectivity index (χ3n) is 8.60. The molecule has 4 aliphatic rings. The SMILES string of the molecule is C[C@]1(O)CCC2[C@@H]3CC[C@H]4CC(=O)C=C[C@]4(C)C3CC[C@@]21C. The number of ketones is 1. The van der Waals surface area contributed by atoms with Gasteiger partial charge in [0.05, 0.1) is 5.60 Å². The van der Waals surface area contributed by atoms with Crippen molar-refractivity contribution in [1.82, 2.24) is 0 Å². The smallest absolute Gasteiger partial charge is 0.155 e. The Labute approximate surface area is 134 Å². The van der Waals surface area contributed by atoms with Crippen LogP contribution >= 0.6 is 0 Å². The average Bonchev–Trinajstić information content (AvgIpc) is 2.70. The maximum Gasteiger partial charge on any atom is 0.155 e. The van der Waals surface area contributed by atoms with E-state index in [0.717, 1.165) is 25.2 Å². The summed E-state index contributed by atoms with van der Waals surface area (Å²) in [5.74, 6) is 3.00. The highest BCUT2D eigenvalue weighted by atomic mass is 16.3. The Balaban J connectivity index is 1.69. The van der Waals surface area contributed by atoms with Gasteiger partial charge in [0.2, 0.25) is 0 Å². The second-order valence-corrected chi connectivity index (χ2v) is 9.29. The fraction of sp³-hybridized carbons (Fsp3) is 0.850. The maximum atomic E-state index is 11.8. The Kier molecular flexibility index (Phi) is 3.03. The van der Waals surface area contributed by atoms with E-state index in [2.05, 4.69) is 26.8 Å². The van der Waals surface area contributed by atoms with Gasteiger partial charge >= 0.3 is 0 Å². The molecule has 0 amide bonds. The summed E-state index contributed by atoms with van der Waals surface area (Å²) >= 11 is 0. The molecule has 122 valence electrons. The lowest BCUT2D eigenvalue weighted by atomic mass is 9.45. The first-order chi connectivity index (χ1) is 10.3. The zero-order valence-corrected chi connectivity index (χ0v) is 14.3. The minimum absolute atomic E-state index is 0.103. The monoisotopic (exact) mass is 302 g/mol. The third kappa shape index (κ3) is 1.74. The fourth-order valence-electron chi connectivity index (χ4n) is 6.88. The maximum absolute atomic E-state index is 11.8. The first-order valence-corrected chi connectivity index (χ1v) is 9.22. The predicted octanol–water partition coefficient (Wildman–Crippen LogP) is 4.13. The zero-order chi connectivity index (χ0) is 15.8. The Morgan fingerprint density at radius 3 is 2.55 bits per heavy atom. The molecule has 0 radical (unpaired) electrons. The molecule has 2 nitrogen and oxygen atoms in total. The van der Waals surface area contributed by atoms with Crippen LogP contribution in [0.25, 0.3) is 0 Å². The highest BCUT2D eigenvalue weighted by Crippen LogP contribution is 2.67. The highest BCUT2D eigenvalue weighted by molar-refractivity contribution is 5.91. The first-order valence-electron chi connectivity index (χ1n) is 9.22. The molecule has 22 heavy (non-hydrogen) atoms. The van der Waals surface area contributed by atoms with Crippen LogP contribution in [-0.4, -0.2) is 16.5 Å². The van der Waals surface area contributed by atoms with Crippen molar-refractivity contribution in [1.29, 1.82) is 0 Å². The summed E-state index contributed by atoms with van der Waals surface area (Å²) in [6.07, 6.45) is 11.9. The van der Waals surface area contributed by atoms with Gasteiger partial charge in [-0.15, -0.1) is 0 Å². The van der Waals surface area contributed by atoms with Crippen molar-refractivity contribution < 1.29 is 9.90 Å². The summed E-state index contributed by atoms with van der Waals surface area (Å²) in [6, 6.07) is 0. The van der Waals surface area contributed by atoms with Crippen LogP contribution in [0.1, 0.15) is 65.7 Å². The van der Waals surface area contributed by atoms with E-state index in [-0.39, 0.29) is 10.8 Å². The van der Waals surface area contributed by atoms with Gasteiger partial charge in [0, 0.05) is 6.42 Å². The molecule has 4 aliphatic carbocycles. The van der Waals surface area contributed by atoms with Crippen LogP contribution in [0.3, 0.4) is 0 Å². The Bertz CT molecular complexity index is 534. The van der Waals surface area contributed by atoms with Crippen molar-refractivity contribution in [2.75, 3.05) is 0 Å². The lowest BCUT2D eigenvalue weighted by molar-refractivity contribution is -0.135. The Hall–Kier alpha value is -0.630. The Morgan fingerprint density at radius 1 is 1.05 bits per heavy atom. The lowest BCUT2D eigenvalue weighted by Gasteiger charge is -2.59. The molecule has 0 saturated heterocycles. The average molecular weight is 302 g/mol. The van der Waals surface area contributed by atoms with Crippen LogP contribution in [0, 0.1) is 34.5 Å². The minimum atomic E-state index is -0.487. The number of fused-ring (bicyclic) bond motifs is 5. The molecular formula is C20H30O2. The lowest BCUT2D eigenvalue weighted by Crippen LogP contribution is -2.55. The number of carbonyl (C=O) groups is 1. The summed E-state index contributed by atoms with van der Waals surface area (Å²) < 4.78 is 0. The molecule has 7 atom stereocenters. The van der Waals surface area contributed by atoms with Crippen molar-refractivity contribution in [2.45, 2.75) is 71.3 Å². The van der Waals surface area contributed by atoms with Gasteiger partial charge in [0.15, 0.2) is 5.78 Å². The van der Waals surface area contributed by atoms with Gasteiger partial charge in [0.25, 0.3) is 0 Å². The van der Waals surface area contributed by atoms with Gasteiger partial charge in [-0.3, -0.25) is 4.79 Å². The molecule has 0 bridgehead atoms. The molecule has 0 aromatic carbocycles. The van der Waals surface area contributed by atoms with Gasteiger partial charge < -0.3 is 5.11 Å². The number of rotatable bonds is 0. The van der Waals surface area contributed by atoms with E-state index in [1.54, 1.807) is 0 Å². The second kappa shape index (κ2) is 4.47. The van der Waals surface area contributed by atoms with Crippen LogP contribution in [-0.2, 0) is 4.79 Å². The van der Waals surface area contributed by atoms with E-state index < -0.39 is 5.60 Å². The largest absolute Gasteiger partial charge is 0.390 e. The first kappa shape index (κ1) is 14.9. The number of allylic oxidation sites excluding steroid dienone is 2. The molecule has 3 fully saturated rings. The van der Waals surface area contributed by atoms with Crippen molar-refractivity contribution in [2.24, 2.45) is 34.5 Å². The molecule has 0 aromatic heterocycles. The molecule has 0 aromatic rings. The summed E-state index contributed by atoms with van der Waals surface area (Å²) in [4.78, 5) is 11.8. The van der Waals surface area contributed by atoms with Gasteiger partial charge in [-0.05, 0) is 86.0 Å². The third-order valence-corrected chi connectivity index (χ3v) is 8.60. The van der Waals surface area contributed by atoms with Crippen molar-refractivity contribution in [3.05, 3.63) is 12.2 Å². The molecule has 3 saturated carbocycles. The van der Waals surface area contributed by atoms with Crippen LogP contribution in [0.15, 0.2) is 12.2 Å². The summed E-state index contributed by atoms with van der Waals surface area (Å²) in [6.45, 7) is 6.82. The number of aliphatic hydroxyl groups is 1. The fourth-order valence-corrected chi connectivity index (χ4v) is 6.88. The Morgan fingerprint density at radius 2 is 1.77 bits per heavy atom. The van der Waals surface area contributed by atoms with Crippen molar-refractivity contribution >= 4 is 5.78 Å². The second-order valence-electron chi connectivity index (χ2n) is 9.29. The predicted molar refractivity (Wildman–Crippen MR) is 87.3 cm³/mol. The minimum Gasteiger partial charge on any atom is -0.390 e. The molecular weight excluding hydrogens is 272 g/mol. The van der Waals surface area contributed by atoms with Gasteiger partial charge in [-0.25, -0.2) is 0 Å². The van der Waals surface area contributed by atoms with Crippen LogP contribution in [0.5, 0.6) is 0 Å². The number of hydrogen-bond donors (Lipinski definition) is 1. The van der Waals surface area contributed by atoms with E-state index in [9.17, 15) is 9.90 Å². The standard InChI is InChI=1S/C20H30O2/c1-18-9-6-14(21)12-13(18)4-5-15-16(18)7-10-19(2)17(15)8-11-20(19,3)22/h6,9,13,15-17,22H,4-5,7-8,10-12H2,1-3H3/t13-,15+,16?,17?,18-,19-,20-/m0/s1. The molecule has 0 spiro atoms. The highest BCUT2D eigenvalue weighted by Gasteiger charge is 2.62. The van der Waals surface area contributed by atoms with Crippen molar-refractivity contribution in [3.8, 4) is 0 Å². The summed E-state index contributed by atoms with van der Waals surface area (Å²) in [5.41, 5.74) is -0.170. The molecule has 0 aliphatic heterocycles. The van der Waals surface area contributed by atoms with Gasteiger partial charge in [0.1, 0.15) is 0 Å². The molecule has 2 heteroatoms. The quantitative estimate of drug-likeness (QED) is 0.730. The number of hydrogen-bond acceptors (Lipinski definition) is 2. The summed E-state index contributed by atoms with van der Waals surface area (Å²) in [7, 11) is 0. The van der Waals surface area contributed by atoms with E-state index in [4.69, 9.17) is 0 Å². The number of carbonyl (C=O) groups excluding carboxylic acids is 1. The molecule has 4 rings (SSSR count). The summed E-state index contributed by atoms with van der Waals surface area (Å²) in [5, 5.41) is 10.9. The van der Waals surface area contributed by atoms with E-state index in [1.165, 1.54) is 25.7 Å². The van der Waals surface area contributed by atoms with Crippen LogP contribution < -0.4 is 0 Å². The molecule has 2 unspecified atom stereocenters. The van der Waals surface area contributed by atoms with Gasteiger partial charge in [-0.1, -0.05) is 19.9 Å².